The number of carbonyl (C=O) groups is 3. The van der Waals surface area contributed by atoms with E-state index in [1.807, 2.05) is 0 Å². The highest BCUT2D eigenvalue weighted by Crippen LogP contribution is 2.36. The Kier molecular flexibility index (Phi) is 6.34. The lowest BCUT2D eigenvalue weighted by atomic mass is 9.84. The normalized spacial score (nSPS) is 12.5. The van der Waals surface area contributed by atoms with Gasteiger partial charge in [-0.2, -0.15) is 0 Å². The number of fused-ring (bicyclic) bond motifs is 2. The van der Waals surface area contributed by atoms with Gasteiger partial charge in [0, 0.05) is 16.7 Å². The lowest BCUT2D eigenvalue weighted by Crippen LogP contribution is -2.23. The third-order valence-corrected chi connectivity index (χ3v) is 7.89. The summed E-state index contributed by atoms with van der Waals surface area (Å²) in [4.78, 5) is 39.1. The number of nitrogens with one attached hydrogen (secondary N) is 2. The third kappa shape index (κ3) is 4.36. The van der Waals surface area contributed by atoms with Gasteiger partial charge in [-0.3, -0.25) is 19.1 Å². The summed E-state index contributed by atoms with van der Waals surface area (Å²) in [5.74, 6) is -2.06. The van der Waals surface area contributed by atoms with Crippen molar-refractivity contribution in [3.63, 3.8) is 0 Å². The number of aryl methyl sites for hydroxylation is 1. The average Bonchev–Trinajstić information content (AvgIpc) is 2.90. The van der Waals surface area contributed by atoms with Gasteiger partial charge in [-0.15, -0.1) is 0 Å². The fraction of sp³-hybridized carbons (Fsp3) is 0.0357. The third-order valence-electron chi connectivity index (χ3n) is 6.13. The Morgan fingerprint density at radius 3 is 2.18 bits per heavy atom. The summed E-state index contributed by atoms with van der Waals surface area (Å²) in [6.07, 6.45) is 0. The number of anilines is 2. The molecule has 0 aliphatic heterocycles. The summed E-state index contributed by atoms with van der Waals surface area (Å²) in [5.41, 5.74) is 0.756. The predicted octanol–water partition coefficient (Wildman–Crippen LogP) is 5.62. The number of amides is 1. The van der Waals surface area contributed by atoms with E-state index in [1.54, 1.807) is 24.3 Å². The second-order valence-electron chi connectivity index (χ2n) is 8.57. The van der Waals surface area contributed by atoms with Gasteiger partial charge in [0.15, 0.2) is 11.6 Å². The monoisotopic (exact) mass is 548 g/mol. The van der Waals surface area contributed by atoms with Crippen molar-refractivity contribution in [1.82, 2.24) is 0 Å². The van der Waals surface area contributed by atoms with Crippen molar-refractivity contribution in [2.24, 2.45) is 0 Å². The van der Waals surface area contributed by atoms with Gasteiger partial charge in [-0.05, 0) is 55.0 Å². The topological polar surface area (TPSA) is 109 Å². The van der Waals surface area contributed by atoms with Crippen molar-refractivity contribution in [1.29, 1.82) is 0 Å². The molecule has 0 saturated heterocycles. The maximum absolute atomic E-state index is 13.6. The molecule has 0 heterocycles. The van der Waals surface area contributed by atoms with E-state index in [1.165, 1.54) is 49.4 Å². The van der Waals surface area contributed by atoms with Crippen molar-refractivity contribution < 1.29 is 27.2 Å². The highest BCUT2D eigenvalue weighted by atomic mass is 35.5. The van der Waals surface area contributed by atoms with Gasteiger partial charge in [0.1, 0.15) is 5.82 Å². The van der Waals surface area contributed by atoms with Gasteiger partial charge in [-0.25, -0.2) is 12.8 Å². The van der Waals surface area contributed by atoms with Gasteiger partial charge in [0.05, 0.1) is 32.4 Å². The van der Waals surface area contributed by atoms with E-state index in [0.29, 0.717) is 0 Å². The van der Waals surface area contributed by atoms with Gasteiger partial charge in [0.25, 0.3) is 15.9 Å². The summed E-state index contributed by atoms with van der Waals surface area (Å²) < 4.78 is 41.8. The first-order valence-corrected chi connectivity index (χ1v) is 13.1. The molecule has 2 N–H and O–H groups in total. The van der Waals surface area contributed by atoms with E-state index >= 15 is 0 Å². The number of carbonyl (C=O) groups excluding carboxylic acids is 3. The largest absolute Gasteiger partial charge is 0.321 e. The van der Waals surface area contributed by atoms with Crippen LogP contribution >= 0.6 is 11.6 Å². The van der Waals surface area contributed by atoms with Crippen LogP contribution in [0, 0.1) is 12.7 Å². The number of halogens is 2. The molecule has 0 unspecified atom stereocenters. The molecule has 190 valence electrons. The fourth-order valence-electron chi connectivity index (χ4n) is 4.19. The van der Waals surface area contributed by atoms with Crippen molar-refractivity contribution >= 4 is 50.5 Å². The van der Waals surface area contributed by atoms with Crippen LogP contribution in [0.5, 0.6) is 0 Å². The molecule has 4 aromatic carbocycles. The minimum Gasteiger partial charge on any atom is -0.321 e. The molecule has 7 nitrogen and oxygen atoms in total. The van der Waals surface area contributed by atoms with Crippen molar-refractivity contribution in [3.05, 3.63) is 123 Å². The molecule has 5 rings (SSSR count). The molecule has 1 aliphatic rings. The van der Waals surface area contributed by atoms with Crippen LogP contribution in [0.1, 0.15) is 47.8 Å². The average molecular weight is 549 g/mol. The van der Waals surface area contributed by atoms with Gasteiger partial charge < -0.3 is 5.32 Å². The van der Waals surface area contributed by atoms with Gasteiger partial charge in [-0.1, -0.05) is 48.0 Å². The van der Waals surface area contributed by atoms with Crippen LogP contribution in [-0.4, -0.2) is 25.9 Å². The number of sulfonamides is 1. The highest BCUT2D eigenvalue weighted by molar-refractivity contribution is 7.92. The van der Waals surface area contributed by atoms with Gasteiger partial charge in [0.2, 0.25) is 0 Å². The van der Waals surface area contributed by atoms with E-state index in [9.17, 15) is 27.2 Å². The first-order chi connectivity index (χ1) is 18.1. The molecule has 1 aliphatic carbocycles. The van der Waals surface area contributed by atoms with E-state index in [0.717, 1.165) is 12.1 Å². The molecule has 0 spiro atoms. The van der Waals surface area contributed by atoms with Crippen LogP contribution < -0.4 is 10.0 Å². The Labute approximate surface area is 222 Å². The molecule has 4 aromatic rings. The zero-order valence-corrected chi connectivity index (χ0v) is 21.3. The van der Waals surface area contributed by atoms with Gasteiger partial charge >= 0.3 is 0 Å². The van der Waals surface area contributed by atoms with E-state index in [2.05, 4.69) is 10.0 Å². The minimum absolute atomic E-state index is 0.0196. The predicted molar refractivity (Wildman–Crippen MR) is 141 cm³/mol. The lowest BCUT2D eigenvalue weighted by molar-refractivity contribution is 0.0979. The Morgan fingerprint density at radius 1 is 0.816 bits per heavy atom. The zero-order chi connectivity index (χ0) is 27.2. The Bertz CT molecular complexity index is 1790. The Balaban J connectivity index is 1.46. The molecule has 1 amide bonds. The maximum Gasteiger partial charge on any atom is 0.261 e. The number of para-hydroxylation sites is 1. The number of hydrogen-bond donors (Lipinski definition) is 2. The van der Waals surface area contributed by atoms with Crippen LogP contribution in [0.25, 0.3) is 0 Å². The van der Waals surface area contributed by atoms with Crippen molar-refractivity contribution in [2.45, 2.75) is 11.8 Å². The number of ketones is 2. The van der Waals surface area contributed by atoms with Crippen LogP contribution in [0.15, 0.2) is 83.8 Å². The first-order valence-electron chi connectivity index (χ1n) is 11.3. The summed E-state index contributed by atoms with van der Waals surface area (Å²) in [6, 6.07) is 18.5. The van der Waals surface area contributed by atoms with Crippen LogP contribution in [0.2, 0.25) is 5.02 Å². The molecule has 0 aromatic heterocycles. The SMILES string of the molecule is Cc1cc(S(=O)(=O)Nc2ccccc2C(=O)Nc2ccc3c(c2Cl)C(=O)c2ccccc2C3=O)ccc1F. The lowest BCUT2D eigenvalue weighted by Gasteiger charge is -2.20. The summed E-state index contributed by atoms with van der Waals surface area (Å²) in [6.45, 7) is 1.44. The zero-order valence-electron chi connectivity index (χ0n) is 19.7. The molecule has 0 fully saturated rings. The summed E-state index contributed by atoms with van der Waals surface area (Å²) >= 11 is 6.51. The van der Waals surface area contributed by atoms with Crippen LogP contribution in [0.4, 0.5) is 15.8 Å². The molecule has 38 heavy (non-hydrogen) atoms. The van der Waals surface area contributed by atoms with E-state index in [4.69, 9.17) is 11.6 Å². The quantitative estimate of drug-likeness (QED) is 0.296. The number of rotatable bonds is 5. The molecule has 0 bridgehead atoms. The Hall–Kier alpha value is -4.34. The smallest absolute Gasteiger partial charge is 0.261 e. The highest BCUT2D eigenvalue weighted by Gasteiger charge is 2.32. The Morgan fingerprint density at radius 2 is 1.47 bits per heavy atom. The van der Waals surface area contributed by atoms with Crippen LogP contribution in [-0.2, 0) is 10.0 Å². The summed E-state index contributed by atoms with van der Waals surface area (Å²) in [5, 5.41) is 2.49. The molecule has 0 radical (unpaired) electrons. The molecular weight excluding hydrogens is 531 g/mol. The first kappa shape index (κ1) is 25.3. The van der Waals surface area contributed by atoms with Crippen molar-refractivity contribution in [2.75, 3.05) is 10.0 Å². The molecule has 0 atom stereocenters. The molecular formula is C28H18ClFN2O5S. The van der Waals surface area contributed by atoms with Crippen molar-refractivity contribution in [3.8, 4) is 0 Å². The molecule has 0 saturated carbocycles. The minimum atomic E-state index is -4.15. The second-order valence-corrected chi connectivity index (χ2v) is 10.6. The number of hydrogen-bond acceptors (Lipinski definition) is 5. The molecule has 10 heteroatoms. The second kappa shape index (κ2) is 9.51. The maximum atomic E-state index is 13.6. The number of benzene rings is 4. The van der Waals surface area contributed by atoms with E-state index in [-0.39, 0.29) is 60.5 Å². The standard InChI is InChI=1S/C28H18ClFN2O5S/c1-15-14-16(10-12-21(15)30)38(36,37)32-22-9-5-4-8-19(22)28(35)31-23-13-11-20-24(25(23)29)27(34)18-7-3-2-6-17(18)26(20)33/h2-14,32H,1H3,(H,31,35). The summed E-state index contributed by atoms with van der Waals surface area (Å²) in [7, 11) is -4.15. The van der Waals surface area contributed by atoms with Crippen LogP contribution in [0.3, 0.4) is 0 Å². The fourth-order valence-corrected chi connectivity index (χ4v) is 5.65. The van der Waals surface area contributed by atoms with E-state index < -0.39 is 27.5 Å².